The smallest absolute Gasteiger partial charge is 0.0576 e. The Bertz CT molecular complexity index is 155. The molecule has 0 aromatic carbocycles. The summed E-state index contributed by atoms with van der Waals surface area (Å²) in [4.78, 5) is 0. The van der Waals surface area contributed by atoms with Crippen LogP contribution in [-0.2, 0) is 4.74 Å². The van der Waals surface area contributed by atoms with Crippen LogP contribution in [0.25, 0.3) is 0 Å². The van der Waals surface area contributed by atoms with E-state index >= 15 is 0 Å². The first-order valence-corrected chi connectivity index (χ1v) is 5.74. The van der Waals surface area contributed by atoms with Crippen molar-refractivity contribution in [2.24, 2.45) is 0 Å². The number of nitrogens with one attached hydrogen (secondary N) is 1. The summed E-state index contributed by atoms with van der Waals surface area (Å²) in [5, 5.41) is 3.31. The van der Waals surface area contributed by atoms with E-state index in [0.717, 1.165) is 24.2 Å². The van der Waals surface area contributed by atoms with Gasteiger partial charge in [-0.2, -0.15) is 0 Å². The minimum atomic E-state index is 0.536. The van der Waals surface area contributed by atoms with Crippen LogP contribution in [0.3, 0.4) is 0 Å². The zero-order valence-corrected chi connectivity index (χ0v) is 9.61. The zero-order chi connectivity index (χ0) is 9.52. The van der Waals surface area contributed by atoms with Crippen LogP contribution in [0.5, 0.6) is 0 Å². The van der Waals surface area contributed by atoms with E-state index in [1.165, 1.54) is 25.7 Å². The molecule has 1 aliphatic rings. The Hall–Kier alpha value is 0.140. The molecule has 0 aliphatic carbocycles. The summed E-state index contributed by atoms with van der Waals surface area (Å²) in [7, 11) is 0. The minimum absolute atomic E-state index is 0.536. The van der Waals surface area contributed by atoms with Gasteiger partial charge in [0.1, 0.15) is 0 Å². The van der Waals surface area contributed by atoms with E-state index < -0.39 is 0 Å². The second-order valence-corrected chi connectivity index (χ2v) is 4.59. The summed E-state index contributed by atoms with van der Waals surface area (Å²) in [6.07, 6.45) is 5.43. The van der Waals surface area contributed by atoms with Crippen LogP contribution in [0.1, 0.15) is 25.7 Å². The van der Waals surface area contributed by atoms with Crippen molar-refractivity contribution < 1.29 is 4.74 Å². The van der Waals surface area contributed by atoms with Crippen LogP contribution in [0.15, 0.2) is 11.1 Å². The molecule has 1 unspecified atom stereocenters. The van der Waals surface area contributed by atoms with Gasteiger partial charge in [-0.1, -0.05) is 22.5 Å². The Balaban J connectivity index is 1.86. The van der Waals surface area contributed by atoms with Gasteiger partial charge < -0.3 is 10.1 Å². The largest absolute Gasteiger partial charge is 0.378 e. The van der Waals surface area contributed by atoms with Crippen LogP contribution in [-0.4, -0.2) is 25.8 Å². The summed E-state index contributed by atoms with van der Waals surface area (Å²) < 4.78 is 6.54. The topological polar surface area (TPSA) is 21.3 Å². The average molecular weight is 248 g/mol. The summed E-state index contributed by atoms with van der Waals surface area (Å²) in [5.41, 5.74) is 0. The Morgan fingerprint density at radius 1 is 1.62 bits per heavy atom. The van der Waals surface area contributed by atoms with E-state index in [9.17, 15) is 0 Å². The van der Waals surface area contributed by atoms with E-state index in [0.29, 0.717) is 6.10 Å². The number of hydrogen-bond acceptors (Lipinski definition) is 2. The molecular formula is C10H18BrNO. The summed E-state index contributed by atoms with van der Waals surface area (Å²) in [6.45, 7) is 6.65. The number of hydrogen-bond donors (Lipinski definition) is 1. The van der Waals surface area contributed by atoms with E-state index in [2.05, 4.69) is 27.8 Å². The Morgan fingerprint density at radius 3 is 3.08 bits per heavy atom. The average Bonchev–Trinajstić information content (AvgIpc) is 2.55. The molecule has 13 heavy (non-hydrogen) atoms. The highest BCUT2D eigenvalue weighted by Gasteiger charge is 2.13. The second kappa shape index (κ2) is 6.57. The molecule has 0 saturated carbocycles. The molecule has 0 aromatic heterocycles. The molecule has 0 amide bonds. The maximum atomic E-state index is 5.53. The lowest BCUT2D eigenvalue weighted by Gasteiger charge is -2.08. The second-order valence-electron chi connectivity index (χ2n) is 3.47. The van der Waals surface area contributed by atoms with Gasteiger partial charge in [0.05, 0.1) is 6.10 Å². The molecule has 0 aromatic rings. The van der Waals surface area contributed by atoms with Gasteiger partial charge in [0.2, 0.25) is 0 Å². The SMILES string of the molecule is C=C(Br)CNCCCC1CCCO1. The monoisotopic (exact) mass is 247 g/mol. The third kappa shape index (κ3) is 5.45. The molecule has 1 rings (SSSR count). The lowest BCUT2D eigenvalue weighted by molar-refractivity contribution is 0.102. The van der Waals surface area contributed by atoms with Gasteiger partial charge >= 0.3 is 0 Å². The molecule has 0 bridgehead atoms. The van der Waals surface area contributed by atoms with E-state index in [1.807, 2.05) is 0 Å². The van der Waals surface area contributed by atoms with Crippen LogP contribution in [0.4, 0.5) is 0 Å². The highest BCUT2D eigenvalue weighted by molar-refractivity contribution is 9.11. The number of ether oxygens (including phenoxy) is 1. The fourth-order valence-corrected chi connectivity index (χ4v) is 1.75. The van der Waals surface area contributed by atoms with Crippen molar-refractivity contribution in [3.63, 3.8) is 0 Å². The van der Waals surface area contributed by atoms with Crippen molar-refractivity contribution in [3.05, 3.63) is 11.1 Å². The van der Waals surface area contributed by atoms with Gasteiger partial charge in [-0.3, -0.25) is 0 Å². The van der Waals surface area contributed by atoms with Crippen molar-refractivity contribution in [2.45, 2.75) is 31.8 Å². The number of rotatable bonds is 6. The van der Waals surface area contributed by atoms with Gasteiger partial charge in [-0.15, -0.1) is 0 Å². The van der Waals surface area contributed by atoms with Crippen molar-refractivity contribution in [1.29, 1.82) is 0 Å². The van der Waals surface area contributed by atoms with Gasteiger partial charge in [-0.25, -0.2) is 0 Å². The molecular weight excluding hydrogens is 230 g/mol. The first-order valence-electron chi connectivity index (χ1n) is 4.94. The third-order valence-corrected chi connectivity index (χ3v) is 2.50. The van der Waals surface area contributed by atoms with Crippen molar-refractivity contribution in [3.8, 4) is 0 Å². The lowest BCUT2D eigenvalue weighted by atomic mass is 10.1. The highest BCUT2D eigenvalue weighted by Crippen LogP contribution is 2.16. The van der Waals surface area contributed by atoms with Crippen molar-refractivity contribution in [2.75, 3.05) is 19.7 Å². The fraction of sp³-hybridized carbons (Fsp3) is 0.800. The first-order chi connectivity index (χ1) is 6.29. The van der Waals surface area contributed by atoms with E-state index in [1.54, 1.807) is 0 Å². The van der Waals surface area contributed by atoms with Crippen LogP contribution < -0.4 is 5.32 Å². The van der Waals surface area contributed by atoms with Crippen LogP contribution >= 0.6 is 15.9 Å². The van der Waals surface area contributed by atoms with Crippen molar-refractivity contribution in [1.82, 2.24) is 5.32 Å². The Morgan fingerprint density at radius 2 is 2.46 bits per heavy atom. The standard InChI is InChI=1S/C10H18BrNO/c1-9(11)8-12-6-2-4-10-5-3-7-13-10/h10,12H,1-8H2. The maximum absolute atomic E-state index is 5.53. The number of halogens is 1. The fourth-order valence-electron chi connectivity index (χ4n) is 1.55. The molecule has 1 aliphatic heterocycles. The molecule has 3 heteroatoms. The Kier molecular flexibility index (Phi) is 5.67. The van der Waals surface area contributed by atoms with Crippen LogP contribution in [0.2, 0.25) is 0 Å². The minimum Gasteiger partial charge on any atom is -0.378 e. The third-order valence-electron chi connectivity index (χ3n) is 2.22. The van der Waals surface area contributed by atoms with E-state index in [-0.39, 0.29) is 0 Å². The molecule has 1 heterocycles. The molecule has 76 valence electrons. The first kappa shape index (κ1) is 11.2. The molecule has 1 saturated heterocycles. The predicted octanol–water partition coefficient (Wildman–Crippen LogP) is 2.44. The lowest BCUT2D eigenvalue weighted by Crippen LogP contribution is -2.18. The molecule has 0 spiro atoms. The molecule has 1 fully saturated rings. The summed E-state index contributed by atoms with van der Waals surface area (Å²) in [6, 6.07) is 0. The molecule has 0 radical (unpaired) electrons. The van der Waals surface area contributed by atoms with E-state index in [4.69, 9.17) is 4.74 Å². The normalized spacial score (nSPS) is 22.1. The van der Waals surface area contributed by atoms with Gasteiger partial charge in [0.25, 0.3) is 0 Å². The zero-order valence-electron chi connectivity index (χ0n) is 8.02. The molecule has 2 nitrogen and oxygen atoms in total. The summed E-state index contributed by atoms with van der Waals surface area (Å²) >= 11 is 3.31. The highest BCUT2D eigenvalue weighted by atomic mass is 79.9. The van der Waals surface area contributed by atoms with Gasteiger partial charge in [0, 0.05) is 17.6 Å². The van der Waals surface area contributed by atoms with Gasteiger partial charge in [-0.05, 0) is 32.2 Å². The quantitative estimate of drug-likeness (QED) is 0.729. The predicted molar refractivity (Wildman–Crippen MR) is 59.1 cm³/mol. The molecule has 1 atom stereocenters. The molecule has 1 N–H and O–H groups in total. The summed E-state index contributed by atoms with van der Waals surface area (Å²) in [5.74, 6) is 0. The van der Waals surface area contributed by atoms with Crippen LogP contribution in [0, 0.1) is 0 Å². The maximum Gasteiger partial charge on any atom is 0.0576 e. The Labute approximate surface area is 88.9 Å². The van der Waals surface area contributed by atoms with Crippen molar-refractivity contribution >= 4 is 15.9 Å². The van der Waals surface area contributed by atoms with Gasteiger partial charge in [0.15, 0.2) is 0 Å².